The van der Waals surface area contributed by atoms with Crippen LogP contribution in [0.4, 0.5) is 13.2 Å². The molecule has 0 saturated heterocycles. The maximum atomic E-state index is 13.0. The van der Waals surface area contributed by atoms with E-state index in [1.807, 2.05) is 6.07 Å². The van der Waals surface area contributed by atoms with Crippen molar-refractivity contribution >= 4 is 16.6 Å². The third kappa shape index (κ3) is 3.85. The second kappa shape index (κ2) is 8.14. The minimum absolute atomic E-state index is 0.0217. The van der Waals surface area contributed by atoms with E-state index >= 15 is 0 Å². The minimum atomic E-state index is -4.36. The molecule has 184 valence electrons. The third-order valence-electron chi connectivity index (χ3n) is 6.22. The van der Waals surface area contributed by atoms with Gasteiger partial charge >= 0.3 is 12.2 Å². The quantitative estimate of drug-likeness (QED) is 0.350. The number of alkyl halides is 3. The molecule has 36 heavy (non-hydrogen) atoms. The van der Waals surface area contributed by atoms with E-state index in [9.17, 15) is 13.2 Å². The lowest BCUT2D eigenvalue weighted by Gasteiger charge is -2.11. The van der Waals surface area contributed by atoms with Crippen LogP contribution in [0.1, 0.15) is 29.5 Å². The molecule has 0 N–H and O–H groups in total. The summed E-state index contributed by atoms with van der Waals surface area (Å²) >= 11 is 0. The van der Waals surface area contributed by atoms with E-state index in [0.29, 0.717) is 39.4 Å². The van der Waals surface area contributed by atoms with Crippen LogP contribution in [0.3, 0.4) is 0 Å². The highest BCUT2D eigenvalue weighted by Gasteiger charge is 2.43. The molecule has 1 saturated carbocycles. The van der Waals surface area contributed by atoms with E-state index in [2.05, 4.69) is 30.1 Å². The van der Waals surface area contributed by atoms with E-state index in [0.717, 1.165) is 16.7 Å². The third-order valence-corrected chi connectivity index (χ3v) is 6.22. The van der Waals surface area contributed by atoms with Gasteiger partial charge in [0.15, 0.2) is 5.65 Å². The summed E-state index contributed by atoms with van der Waals surface area (Å²) in [4.78, 5) is 17.4. The van der Waals surface area contributed by atoms with Crippen molar-refractivity contribution in [2.45, 2.75) is 31.0 Å². The van der Waals surface area contributed by atoms with Gasteiger partial charge in [-0.25, -0.2) is 14.5 Å². The van der Waals surface area contributed by atoms with Gasteiger partial charge in [-0.1, -0.05) is 0 Å². The van der Waals surface area contributed by atoms with E-state index in [4.69, 9.17) is 9.47 Å². The Morgan fingerprint density at radius 1 is 1.03 bits per heavy atom. The zero-order valence-electron chi connectivity index (χ0n) is 19.1. The normalized spacial score (nSPS) is 17.6. The summed E-state index contributed by atoms with van der Waals surface area (Å²) in [7, 11) is 2.97. The van der Waals surface area contributed by atoms with Gasteiger partial charge in [-0.2, -0.15) is 28.4 Å². The molecule has 5 aromatic rings. The Hall–Kier alpha value is -4.29. The summed E-state index contributed by atoms with van der Waals surface area (Å²) in [5.74, 6) is 0.399. The van der Waals surface area contributed by atoms with Crippen molar-refractivity contribution in [2.75, 3.05) is 14.2 Å². The second-order valence-electron chi connectivity index (χ2n) is 8.49. The predicted octanol–water partition coefficient (Wildman–Crippen LogP) is 3.78. The number of nitrogens with zero attached hydrogens (tertiary/aromatic N) is 8. The molecule has 10 nitrogen and oxygen atoms in total. The number of methoxy groups -OCH3 is 2. The standard InChI is InChI=1S/C23H19F3N8O2/c1-35-21-16(10-29-22(31-21)36-2)18-6-15(20-27-3-4-33(20)32-18)13-5-14(13)17-7-19-12(8-28-17)9-30-34(19)11-23(24,25)26/h3-4,6-10,13-14H,5,11H2,1-2H3/t13?,14-/m0/s1. The maximum absolute atomic E-state index is 13.0. The van der Waals surface area contributed by atoms with E-state index in [1.165, 1.54) is 20.4 Å². The number of hydrogen-bond acceptors (Lipinski definition) is 8. The van der Waals surface area contributed by atoms with Crippen LogP contribution in [0.15, 0.2) is 43.1 Å². The average Bonchev–Trinajstić information content (AvgIpc) is 3.35. The van der Waals surface area contributed by atoms with Crippen molar-refractivity contribution in [3.63, 3.8) is 0 Å². The number of aromatic nitrogens is 8. The highest BCUT2D eigenvalue weighted by molar-refractivity contribution is 5.78. The molecule has 1 fully saturated rings. The molecule has 0 radical (unpaired) electrons. The zero-order valence-corrected chi connectivity index (χ0v) is 19.1. The molecule has 6 rings (SSSR count). The van der Waals surface area contributed by atoms with Crippen LogP contribution in [0, 0.1) is 0 Å². The first-order valence-corrected chi connectivity index (χ1v) is 11.0. The molecule has 0 spiro atoms. The number of halogens is 3. The molecule has 5 heterocycles. The zero-order chi connectivity index (χ0) is 25.0. The number of pyridine rings is 1. The monoisotopic (exact) mass is 496 g/mol. The average molecular weight is 496 g/mol. The Morgan fingerprint density at radius 2 is 1.89 bits per heavy atom. The topological polar surface area (TPSA) is 105 Å². The smallest absolute Gasteiger partial charge is 0.408 e. The lowest BCUT2D eigenvalue weighted by atomic mass is 10.1. The van der Waals surface area contributed by atoms with Crippen LogP contribution >= 0.6 is 0 Å². The lowest BCUT2D eigenvalue weighted by molar-refractivity contribution is -0.141. The van der Waals surface area contributed by atoms with Crippen molar-refractivity contribution in [2.24, 2.45) is 0 Å². The fraction of sp³-hybridized carbons (Fsp3) is 0.304. The summed E-state index contributed by atoms with van der Waals surface area (Å²) in [6.07, 6.45) is 4.37. The van der Waals surface area contributed by atoms with E-state index < -0.39 is 12.7 Å². The van der Waals surface area contributed by atoms with Gasteiger partial charge in [-0.3, -0.25) is 9.67 Å². The fourth-order valence-corrected chi connectivity index (χ4v) is 4.48. The predicted molar refractivity (Wildman–Crippen MR) is 121 cm³/mol. The van der Waals surface area contributed by atoms with Crippen molar-refractivity contribution in [1.29, 1.82) is 0 Å². The largest absolute Gasteiger partial charge is 0.480 e. The number of imidazole rings is 1. The maximum Gasteiger partial charge on any atom is 0.408 e. The van der Waals surface area contributed by atoms with Gasteiger partial charge in [0.1, 0.15) is 6.54 Å². The van der Waals surface area contributed by atoms with Crippen molar-refractivity contribution in [3.8, 4) is 23.1 Å². The number of rotatable bonds is 6. The minimum Gasteiger partial charge on any atom is -0.480 e. The van der Waals surface area contributed by atoms with Crippen LogP contribution in [0.25, 0.3) is 27.8 Å². The molecule has 1 unspecified atom stereocenters. The summed E-state index contributed by atoms with van der Waals surface area (Å²) in [6, 6.07) is 3.80. The number of fused-ring (bicyclic) bond motifs is 2. The SMILES string of the molecule is COc1ncc(-c2cc(C3C[C@@H]3c3cc4c(cn3)cnn4CC(F)(F)F)c3nccn3n2)c(OC)n1. The Labute approximate surface area is 201 Å². The Bertz CT molecular complexity index is 1600. The van der Waals surface area contributed by atoms with Gasteiger partial charge in [0, 0.05) is 47.3 Å². The molecule has 1 aliphatic rings. The molecule has 0 aromatic carbocycles. The van der Waals surface area contributed by atoms with Crippen molar-refractivity contribution in [1.82, 2.24) is 39.3 Å². The first-order valence-electron chi connectivity index (χ1n) is 11.0. The lowest BCUT2D eigenvalue weighted by Crippen LogP contribution is -2.18. The van der Waals surface area contributed by atoms with Gasteiger partial charge in [0.25, 0.3) is 0 Å². The molecule has 2 atom stereocenters. The molecular formula is C23H19F3N8O2. The van der Waals surface area contributed by atoms with Crippen LogP contribution in [-0.4, -0.2) is 59.7 Å². The molecule has 5 aromatic heterocycles. The molecule has 0 aliphatic heterocycles. The van der Waals surface area contributed by atoms with Crippen LogP contribution in [0.5, 0.6) is 11.9 Å². The fourth-order valence-electron chi connectivity index (χ4n) is 4.48. The van der Waals surface area contributed by atoms with Gasteiger partial charge in [0.2, 0.25) is 5.88 Å². The number of hydrogen-bond donors (Lipinski definition) is 0. The van der Waals surface area contributed by atoms with Crippen molar-refractivity contribution < 1.29 is 22.6 Å². The van der Waals surface area contributed by atoms with Crippen molar-refractivity contribution in [3.05, 3.63) is 54.4 Å². The molecule has 1 aliphatic carbocycles. The van der Waals surface area contributed by atoms with E-state index in [-0.39, 0.29) is 17.8 Å². The Kier molecular flexibility index (Phi) is 5.02. The highest BCUT2D eigenvalue weighted by Crippen LogP contribution is 2.55. The summed E-state index contributed by atoms with van der Waals surface area (Å²) in [5, 5.41) is 9.09. The summed E-state index contributed by atoms with van der Waals surface area (Å²) < 4.78 is 52.1. The molecule has 13 heteroatoms. The summed E-state index contributed by atoms with van der Waals surface area (Å²) in [5.41, 5.74) is 3.94. The first-order chi connectivity index (χ1) is 17.3. The van der Waals surface area contributed by atoms with Gasteiger partial charge in [-0.15, -0.1) is 0 Å². The molecular weight excluding hydrogens is 477 g/mol. The second-order valence-corrected chi connectivity index (χ2v) is 8.49. The first kappa shape index (κ1) is 22.2. The number of ether oxygens (including phenoxy) is 2. The summed E-state index contributed by atoms with van der Waals surface area (Å²) in [6.45, 7) is -1.15. The van der Waals surface area contributed by atoms with E-state index in [1.54, 1.807) is 35.4 Å². The Morgan fingerprint density at radius 3 is 2.67 bits per heavy atom. The highest BCUT2D eigenvalue weighted by atomic mass is 19.4. The van der Waals surface area contributed by atoms with Gasteiger partial charge in [-0.05, 0) is 24.5 Å². The molecule has 0 bridgehead atoms. The van der Waals surface area contributed by atoms with Crippen LogP contribution < -0.4 is 9.47 Å². The Balaban J connectivity index is 1.37. The van der Waals surface area contributed by atoms with Gasteiger partial charge < -0.3 is 9.47 Å². The van der Waals surface area contributed by atoms with Gasteiger partial charge in [0.05, 0.1) is 37.2 Å². The molecule has 0 amide bonds. The van der Waals surface area contributed by atoms with Crippen LogP contribution in [0.2, 0.25) is 0 Å². The van der Waals surface area contributed by atoms with Crippen LogP contribution in [-0.2, 0) is 6.54 Å².